The van der Waals surface area contributed by atoms with Crippen LogP contribution in [-0.4, -0.2) is 32.8 Å². The van der Waals surface area contributed by atoms with Gasteiger partial charge in [-0.3, -0.25) is 19.9 Å². The van der Waals surface area contributed by atoms with E-state index in [4.69, 9.17) is 14.8 Å². The van der Waals surface area contributed by atoms with E-state index in [0.717, 1.165) is 11.3 Å². The number of ether oxygens (including phenoxy) is 1. The van der Waals surface area contributed by atoms with Crippen molar-refractivity contribution in [2.24, 2.45) is 10.1 Å². The van der Waals surface area contributed by atoms with Crippen molar-refractivity contribution < 1.29 is 14.5 Å². The van der Waals surface area contributed by atoms with E-state index in [2.05, 4.69) is 10.3 Å². The van der Waals surface area contributed by atoms with E-state index in [9.17, 15) is 14.9 Å². The van der Waals surface area contributed by atoms with Gasteiger partial charge in [0.2, 0.25) is 4.80 Å². The van der Waals surface area contributed by atoms with E-state index < -0.39 is 4.92 Å². The minimum Gasteiger partial charge on any atom is -0.482 e. The Kier molecular flexibility index (Phi) is 6.13. The normalized spacial score (nSPS) is 13.7. The zero-order chi connectivity index (χ0) is 25.2. The van der Waals surface area contributed by atoms with Gasteiger partial charge in [-0.15, -0.1) is 11.3 Å². The lowest BCUT2D eigenvalue weighted by Gasteiger charge is -2.18. The van der Waals surface area contributed by atoms with Gasteiger partial charge >= 0.3 is 0 Å². The number of anilines is 1. The Balaban J connectivity index is 1.66. The highest BCUT2D eigenvalue weighted by Crippen LogP contribution is 2.33. The molecule has 1 N–H and O–H groups in total. The van der Waals surface area contributed by atoms with E-state index in [0.29, 0.717) is 38.8 Å². The van der Waals surface area contributed by atoms with E-state index in [1.165, 1.54) is 17.4 Å². The van der Waals surface area contributed by atoms with Gasteiger partial charge in [0.25, 0.3) is 11.6 Å². The molecule has 11 heteroatoms. The standard InChI is InChI=1S/C25H20N6O4S/c1-15-5-6-17(11-21(15)31(33)34)16(2)29-30-22(14-36-25(30)27-19-4-3-9-26-12-19)18-7-8-23-20(10-18)28-24(32)13-35-23/h3-12,14H,13H2,1-2H3,(H,28,32). The zero-order valence-corrected chi connectivity index (χ0v) is 20.2. The van der Waals surface area contributed by atoms with Gasteiger partial charge in [0, 0.05) is 34.3 Å². The Morgan fingerprint density at radius 1 is 1.25 bits per heavy atom. The summed E-state index contributed by atoms with van der Waals surface area (Å²) in [6.45, 7) is 3.46. The second kappa shape index (κ2) is 9.55. The number of nitro groups is 1. The summed E-state index contributed by atoms with van der Waals surface area (Å²) in [5.41, 5.74) is 4.54. The molecular weight excluding hydrogens is 480 g/mol. The number of nitrogens with zero attached hydrogens (tertiary/aromatic N) is 5. The number of hydrogen-bond donors (Lipinski definition) is 1. The molecule has 1 aliphatic rings. The molecule has 0 atom stereocenters. The fourth-order valence-corrected chi connectivity index (χ4v) is 4.53. The lowest BCUT2D eigenvalue weighted by atomic mass is 10.1. The maximum Gasteiger partial charge on any atom is 0.272 e. The second-order valence-corrected chi connectivity index (χ2v) is 8.87. The summed E-state index contributed by atoms with van der Waals surface area (Å²) in [5, 5.41) is 21.0. The summed E-state index contributed by atoms with van der Waals surface area (Å²) in [5.74, 6) is 0.368. The van der Waals surface area contributed by atoms with Crippen molar-refractivity contribution >= 4 is 40.0 Å². The van der Waals surface area contributed by atoms with Crippen LogP contribution in [0.15, 0.2) is 76.4 Å². The largest absolute Gasteiger partial charge is 0.482 e. The zero-order valence-electron chi connectivity index (χ0n) is 19.3. The maximum absolute atomic E-state index is 11.8. The van der Waals surface area contributed by atoms with Gasteiger partial charge in [-0.2, -0.15) is 5.10 Å². The fourth-order valence-electron chi connectivity index (χ4n) is 3.68. The van der Waals surface area contributed by atoms with Gasteiger partial charge in [-0.25, -0.2) is 9.67 Å². The maximum atomic E-state index is 11.8. The van der Waals surface area contributed by atoms with Gasteiger partial charge < -0.3 is 10.1 Å². The Labute approximate surface area is 209 Å². The molecule has 0 aliphatic carbocycles. The summed E-state index contributed by atoms with van der Waals surface area (Å²) >= 11 is 1.39. The summed E-state index contributed by atoms with van der Waals surface area (Å²) in [7, 11) is 0. The number of amides is 1. The van der Waals surface area contributed by atoms with E-state index in [-0.39, 0.29) is 18.2 Å². The van der Waals surface area contributed by atoms with Gasteiger partial charge in [0.15, 0.2) is 6.61 Å². The Morgan fingerprint density at radius 3 is 2.89 bits per heavy atom. The number of thiazole rings is 1. The number of rotatable bonds is 5. The molecular formula is C25H20N6O4S. The molecule has 0 radical (unpaired) electrons. The molecule has 2 aromatic carbocycles. The van der Waals surface area contributed by atoms with E-state index in [1.807, 2.05) is 23.6 Å². The van der Waals surface area contributed by atoms with E-state index >= 15 is 0 Å². The monoisotopic (exact) mass is 500 g/mol. The molecule has 1 aliphatic heterocycles. The quantitative estimate of drug-likeness (QED) is 0.242. The van der Waals surface area contributed by atoms with Crippen LogP contribution < -0.4 is 14.9 Å². The molecule has 2 aromatic heterocycles. The fraction of sp³-hybridized carbons (Fsp3) is 0.120. The second-order valence-electron chi connectivity index (χ2n) is 8.03. The number of carbonyl (C=O) groups is 1. The minimum atomic E-state index is -0.401. The molecule has 0 saturated heterocycles. The third-order valence-electron chi connectivity index (χ3n) is 5.54. The van der Waals surface area contributed by atoms with Crippen molar-refractivity contribution in [1.82, 2.24) is 9.66 Å². The highest BCUT2D eigenvalue weighted by molar-refractivity contribution is 7.07. The molecule has 180 valence electrons. The first-order valence-electron chi connectivity index (χ1n) is 10.9. The van der Waals surface area contributed by atoms with Crippen LogP contribution in [0.4, 0.5) is 17.1 Å². The molecule has 10 nitrogen and oxygen atoms in total. The number of aryl methyl sites for hydroxylation is 1. The molecule has 0 spiro atoms. The van der Waals surface area contributed by atoms with Gasteiger partial charge in [-0.1, -0.05) is 12.1 Å². The number of aromatic nitrogens is 2. The van der Waals surface area contributed by atoms with Crippen LogP contribution in [0.3, 0.4) is 0 Å². The Morgan fingerprint density at radius 2 is 2.11 bits per heavy atom. The number of fused-ring (bicyclic) bond motifs is 1. The van der Waals surface area contributed by atoms with Gasteiger partial charge in [-0.05, 0) is 44.2 Å². The number of pyridine rings is 1. The molecule has 36 heavy (non-hydrogen) atoms. The minimum absolute atomic E-state index is 0.0227. The molecule has 0 bridgehead atoms. The first kappa shape index (κ1) is 23.1. The smallest absolute Gasteiger partial charge is 0.272 e. The Hall–Kier alpha value is -4.64. The molecule has 1 amide bonds. The lowest BCUT2D eigenvalue weighted by molar-refractivity contribution is -0.385. The third-order valence-corrected chi connectivity index (χ3v) is 6.35. The van der Waals surface area contributed by atoms with Crippen LogP contribution in [0, 0.1) is 17.0 Å². The number of nitro benzene ring substituents is 1. The first-order chi connectivity index (χ1) is 17.4. The summed E-state index contributed by atoms with van der Waals surface area (Å²) in [4.78, 5) is 32.3. The van der Waals surface area contributed by atoms with E-state index in [1.54, 1.807) is 55.2 Å². The van der Waals surface area contributed by atoms with Crippen molar-refractivity contribution in [3.63, 3.8) is 0 Å². The predicted octanol–water partition coefficient (Wildman–Crippen LogP) is 4.66. The summed E-state index contributed by atoms with van der Waals surface area (Å²) in [6, 6.07) is 14.2. The van der Waals surface area contributed by atoms with Crippen LogP contribution in [0.5, 0.6) is 5.75 Å². The Bertz CT molecular complexity index is 1590. The van der Waals surface area contributed by atoms with Crippen LogP contribution >= 0.6 is 11.3 Å². The van der Waals surface area contributed by atoms with Gasteiger partial charge in [0.1, 0.15) is 5.75 Å². The average molecular weight is 501 g/mol. The summed E-state index contributed by atoms with van der Waals surface area (Å²) < 4.78 is 7.17. The highest BCUT2D eigenvalue weighted by Gasteiger charge is 2.18. The number of carbonyl (C=O) groups excluding carboxylic acids is 1. The molecule has 3 heterocycles. The van der Waals surface area contributed by atoms with Crippen LogP contribution in [0.2, 0.25) is 0 Å². The third kappa shape index (κ3) is 4.64. The first-order valence-corrected chi connectivity index (χ1v) is 11.8. The van der Waals surface area contributed by atoms with Crippen molar-refractivity contribution in [2.45, 2.75) is 13.8 Å². The van der Waals surface area contributed by atoms with Gasteiger partial charge in [0.05, 0.1) is 33.9 Å². The average Bonchev–Trinajstić information content (AvgIpc) is 3.26. The molecule has 0 unspecified atom stereocenters. The number of benzene rings is 2. The number of nitrogens with one attached hydrogen (secondary N) is 1. The lowest BCUT2D eigenvalue weighted by Crippen LogP contribution is -2.25. The van der Waals surface area contributed by atoms with Crippen LogP contribution in [0.25, 0.3) is 11.3 Å². The molecule has 0 saturated carbocycles. The van der Waals surface area contributed by atoms with Crippen molar-refractivity contribution in [2.75, 3.05) is 11.9 Å². The van der Waals surface area contributed by atoms with Crippen LogP contribution in [0.1, 0.15) is 18.1 Å². The highest BCUT2D eigenvalue weighted by atomic mass is 32.1. The molecule has 5 rings (SSSR count). The van der Waals surface area contributed by atoms with Crippen molar-refractivity contribution in [3.05, 3.63) is 92.3 Å². The van der Waals surface area contributed by atoms with Crippen molar-refractivity contribution in [1.29, 1.82) is 0 Å². The summed E-state index contributed by atoms with van der Waals surface area (Å²) in [6.07, 6.45) is 3.32. The SMILES string of the molecule is CC(=Nn1c(-c2ccc3c(c2)NC(=O)CO3)csc1=Nc1cccnc1)c1ccc(C)c([N+](=O)[O-])c1. The number of hydrogen-bond acceptors (Lipinski definition) is 8. The predicted molar refractivity (Wildman–Crippen MR) is 137 cm³/mol. The topological polar surface area (TPSA) is 124 Å². The molecule has 0 fully saturated rings. The van der Waals surface area contributed by atoms with Crippen LogP contribution in [-0.2, 0) is 4.79 Å². The molecule has 4 aromatic rings. The van der Waals surface area contributed by atoms with Crippen molar-refractivity contribution in [3.8, 4) is 17.0 Å².